The van der Waals surface area contributed by atoms with Gasteiger partial charge in [0, 0.05) is 0 Å². The first kappa shape index (κ1) is 7.93. The summed E-state index contributed by atoms with van der Waals surface area (Å²) in [6.45, 7) is 0. The summed E-state index contributed by atoms with van der Waals surface area (Å²) in [5.74, 6) is 0.419. The van der Waals surface area contributed by atoms with Gasteiger partial charge in [-0.1, -0.05) is 11.6 Å². The van der Waals surface area contributed by atoms with E-state index in [1.807, 2.05) is 0 Å². The third-order valence-electron chi connectivity index (χ3n) is 1.35. The number of hydrogen-bond acceptors (Lipinski definition) is 4. The van der Waals surface area contributed by atoms with Crippen LogP contribution in [0.4, 0.5) is 0 Å². The Bertz CT molecular complexity index is 476. The zero-order valence-corrected chi connectivity index (χ0v) is 7.06. The maximum Gasteiger partial charge on any atom is 0.361 e. The van der Waals surface area contributed by atoms with Crippen molar-refractivity contribution in [3.05, 3.63) is 34.4 Å². The highest BCUT2D eigenvalue weighted by atomic mass is 35.5. The lowest BCUT2D eigenvalue weighted by atomic mass is 10.7. The molecule has 0 spiro atoms. The van der Waals surface area contributed by atoms with E-state index in [1.54, 1.807) is 0 Å². The fourth-order valence-corrected chi connectivity index (χ4v) is 0.979. The van der Waals surface area contributed by atoms with Crippen LogP contribution in [0.2, 0.25) is 5.15 Å². The van der Waals surface area contributed by atoms with Crippen molar-refractivity contribution in [1.82, 2.24) is 24.7 Å². The second-order valence-corrected chi connectivity index (χ2v) is 2.62. The van der Waals surface area contributed by atoms with Crippen molar-refractivity contribution >= 4 is 11.6 Å². The van der Waals surface area contributed by atoms with E-state index < -0.39 is 5.69 Å². The molecule has 0 unspecified atom stereocenters. The topological polar surface area (TPSA) is 76.5 Å². The summed E-state index contributed by atoms with van der Waals surface area (Å²) >= 11 is 5.60. The van der Waals surface area contributed by atoms with Crippen molar-refractivity contribution in [2.24, 2.45) is 0 Å². The van der Waals surface area contributed by atoms with Gasteiger partial charge in [-0.15, -0.1) is 0 Å². The summed E-state index contributed by atoms with van der Waals surface area (Å²) in [5.41, 5.74) is -0.443. The highest BCUT2D eigenvalue weighted by molar-refractivity contribution is 6.29. The van der Waals surface area contributed by atoms with E-state index in [-0.39, 0.29) is 5.15 Å². The quantitative estimate of drug-likeness (QED) is 0.699. The molecule has 66 valence electrons. The van der Waals surface area contributed by atoms with E-state index in [2.05, 4.69) is 20.1 Å². The predicted octanol–water partition coefficient (Wildman–Crippen LogP) is 0.00400. The molecular formula is C6H4ClN5O. The molecule has 0 fully saturated rings. The van der Waals surface area contributed by atoms with Crippen molar-refractivity contribution < 1.29 is 0 Å². The number of hydrogen-bond donors (Lipinski definition) is 1. The normalized spacial score (nSPS) is 10.2. The van der Waals surface area contributed by atoms with Crippen LogP contribution in [0.25, 0.3) is 5.82 Å². The van der Waals surface area contributed by atoms with Crippen LogP contribution in [-0.4, -0.2) is 24.7 Å². The Labute approximate surface area is 77.2 Å². The Morgan fingerprint density at radius 3 is 2.92 bits per heavy atom. The molecule has 0 atom stereocenters. The monoisotopic (exact) mass is 197 g/mol. The minimum Gasteiger partial charge on any atom is -0.258 e. The van der Waals surface area contributed by atoms with Gasteiger partial charge < -0.3 is 0 Å². The molecule has 0 aliphatic rings. The minimum absolute atomic E-state index is 0.257. The van der Waals surface area contributed by atoms with Crippen LogP contribution in [0.3, 0.4) is 0 Å². The third kappa shape index (κ3) is 1.57. The number of H-pyrrole nitrogens is 1. The van der Waals surface area contributed by atoms with Crippen LogP contribution in [-0.2, 0) is 0 Å². The van der Waals surface area contributed by atoms with Gasteiger partial charge in [-0.3, -0.25) is 4.98 Å². The van der Waals surface area contributed by atoms with Gasteiger partial charge in [0.1, 0.15) is 11.5 Å². The molecule has 0 aliphatic heterocycles. The van der Waals surface area contributed by atoms with E-state index in [0.29, 0.717) is 5.82 Å². The fourth-order valence-electron chi connectivity index (χ4n) is 0.836. The summed E-state index contributed by atoms with van der Waals surface area (Å²) in [6.07, 6.45) is 4.17. The largest absolute Gasteiger partial charge is 0.361 e. The molecule has 0 bridgehead atoms. The molecule has 0 aliphatic carbocycles. The minimum atomic E-state index is -0.443. The van der Waals surface area contributed by atoms with Gasteiger partial charge in [-0.2, -0.15) is 4.98 Å². The maximum absolute atomic E-state index is 10.7. The second kappa shape index (κ2) is 2.98. The van der Waals surface area contributed by atoms with Crippen molar-refractivity contribution in [1.29, 1.82) is 0 Å². The lowest BCUT2D eigenvalue weighted by Gasteiger charge is -1.97. The summed E-state index contributed by atoms with van der Waals surface area (Å²) < 4.78 is 1.33. The molecule has 7 heteroatoms. The van der Waals surface area contributed by atoms with Crippen LogP contribution < -0.4 is 5.69 Å². The zero-order valence-electron chi connectivity index (χ0n) is 6.31. The van der Waals surface area contributed by atoms with Gasteiger partial charge in [0.15, 0.2) is 5.82 Å². The molecule has 1 N–H and O–H groups in total. The molecule has 0 saturated heterocycles. The molecule has 2 aromatic rings. The van der Waals surface area contributed by atoms with Crippen LogP contribution in [0, 0.1) is 0 Å². The Morgan fingerprint density at radius 2 is 2.31 bits per heavy atom. The number of aromatic amines is 1. The molecule has 2 aromatic heterocycles. The molecule has 0 radical (unpaired) electrons. The zero-order chi connectivity index (χ0) is 9.26. The first-order chi connectivity index (χ1) is 6.25. The highest BCUT2D eigenvalue weighted by Crippen LogP contribution is 2.04. The lowest BCUT2D eigenvalue weighted by Crippen LogP contribution is -2.06. The molecule has 0 saturated carbocycles. The van der Waals surface area contributed by atoms with Gasteiger partial charge in [0.25, 0.3) is 0 Å². The van der Waals surface area contributed by atoms with E-state index >= 15 is 0 Å². The van der Waals surface area contributed by atoms with Crippen molar-refractivity contribution in [2.45, 2.75) is 0 Å². The number of nitrogens with zero attached hydrogens (tertiary/aromatic N) is 4. The SMILES string of the molecule is O=c1ncn(-c2cncc(Cl)n2)[nH]1. The van der Waals surface area contributed by atoms with Crippen LogP contribution in [0.1, 0.15) is 0 Å². The Hall–Kier alpha value is -1.69. The van der Waals surface area contributed by atoms with Crippen molar-refractivity contribution in [3.8, 4) is 5.82 Å². The average molecular weight is 198 g/mol. The Morgan fingerprint density at radius 1 is 1.46 bits per heavy atom. The number of nitrogens with one attached hydrogen (secondary N) is 1. The first-order valence-corrected chi connectivity index (χ1v) is 3.75. The standard InChI is InChI=1S/C6H4ClN5O/c7-4-1-8-2-5(10-4)12-3-9-6(13)11-12/h1-3H,(H,11,13). The number of rotatable bonds is 1. The van der Waals surface area contributed by atoms with E-state index in [0.717, 1.165) is 0 Å². The van der Waals surface area contributed by atoms with Crippen LogP contribution in [0.15, 0.2) is 23.5 Å². The van der Waals surface area contributed by atoms with Gasteiger partial charge in [0.2, 0.25) is 0 Å². The van der Waals surface area contributed by atoms with Crippen molar-refractivity contribution in [3.63, 3.8) is 0 Å². The molecule has 0 amide bonds. The third-order valence-corrected chi connectivity index (χ3v) is 1.53. The molecule has 13 heavy (non-hydrogen) atoms. The van der Waals surface area contributed by atoms with Crippen LogP contribution >= 0.6 is 11.6 Å². The number of aromatic nitrogens is 5. The summed E-state index contributed by atoms with van der Waals surface area (Å²) in [4.78, 5) is 21.9. The average Bonchev–Trinajstić information content (AvgIpc) is 2.52. The van der Waals surface area contributed by atoms with E-state index in [4.69, 9.17) is 11.6 Å². The van der Waals surface area contributed by atoms with Gasteiger partial charge in [-0.05, 0) is 0 Å². The van der Waals surface area contributed by atoms with Gasteiger partial charge in [0.05, 0.1) is 12.4 Å². The Balaban J connectivity index is 2.52. The molecule has 6 nitrogen and oxygen atoms in total. The molecule has 0 aromatic carbocycles. The maximum atomic E-state index is 10.7. The van der Waals surface area contributed by atoms with E-state index in [1.165, 1.54) is 23.4 Å². The predicted molar refractivity (Wildman–Crippen MR) is 44.8 cm³/mol. The Kier molecular flexibility index (Phi) is 1.82. The molecular weight excluding hydrogens is 194 g/mol. The van der Waals surface area contributed by atoms with E-state index in [9.17, 15) is 4.79 Å². The highest BCUT2D eigenvalue weighted by Gasteiger charge is 1.99. The van der Waals surface area contributed by atoms with Gasteiger partial charge >= 0.3 is 5.69 Å². The second-order valence-electron chi connectivity index (χ2n) is 2.23. The van der Waals surface area contributed by atoms with Crippen molar-refractivity contribution in [2.75, 3.05) is 0 Å². The summed E-state index contributed by atoms with van der Waals surface area (Å²) in [5, 5.41) is 2.66. The molecule has 2 heterocycles. The number of halogens is 1. The molecule has 2 rings (SSSR count). The first-order valence-electron chi connectivity index (χ1n) is 3.37. The fraction of sp³-hybridized carbons (Fsp3) is 0. The van der Waals surface area contributed by atoms with Gasteiger partial charge in [-0.25, -0.2) is 19.6 Å². The summed E-state index contributed by atoms with van der Waals surface area (Å²) in [6, 6.07) is 0. The van der Waals surface area contributed by atoms with Crippen LogP contribution in [0.5, 0.6) is 0 Å². The smallest absolute Gasteiger partial charge is 0.258 e. The summed E-state index contributed by atoms with van der Waals surface area (Å²) in [7, 11) is 0. The lowest BCUT2D eigenvalue weighted by molar-refractivity contribution is 0.825.